The summed E-state index contributed by atoms with van der Waals surface area (Å²) in [5.41, 5.74) is 1.01. The monoisotopic (exact) mass is 182 g/mol. The van der Waals surface area contributed by atoms with E-state index in [-0.39, 0.29) is 0 Å². The Bertz CT molecular complexity index is 203. The highest BCUT2D eigenvalue weighted by molar-refractivity contribution is 5.78. The van der Waals surface area contributed by atoms with Crippen LogP contribution in [0.2, 0.25) is 0 Å². The number of nitrogens with zero attached hydrogens (tertiary/aromatic N) is 2. The van der Waals surface area contributed by atoms with Crippen LogP contribution in [0.5, 0.6) is 0 Å². The van der Waals surface area contributed by atoms with Gasteiger partial charge in [-0.2, -0.15) is 0 Å². The van der Waals surface area contributed by atoms with Gasteiger partial charge in [0.25, 0.3) is 0 Å². The summed E-state index contributed by atoms with van der Waals surface area (Å²) in [5, 5.41) is 4.06. The van der Waals surface area contributed by atoms with Gasteiger partial charge >= 0.3 is 0 Å². The molecule has 13 heavy (non-hydrogen) atoms. The van der Waals surface area contributed by atoms with E-state index in [0.29, 0.717) is 6.10 Å². The van der Waals surface area contributed by atoms with E-state index in [1.807, 2.05) is 13.8 Å². The lowest BCUT2D eigenvalue weighted by atomic mass is 9.86. The predicted molar refractivity (Wildman–Crippen MR) is 52.8 cm³/mol. The highest BCUT2D eigenvalue weighted by Crippen LogP contribution is 2.29. The summed E-state index contributed by atoms with van der Waals surface area (Å²) < 4.78 is 0. The lowest BCUT2D eigenvalue weighted by Gasteiger charge is -2.43. The van der Waals surface area contributed by atoms with Gasteiger partial charge in [0, 0.05) is 12.5 Å². The number of fused-ring (bicyclic) bond motifs is 3. The highest BCUT2D eigenvalue weighted by atomic mass is 16.6. The summed E-state index contributed by atoms with van der Waals surface area (Å²) in [6.07, 6.45) is 2.95. The van der Waals surface area contributed by atoms with Gasteiger partial charge in [-0.05, 0) is 39.8 Å². The Balaban J connectivity index is 1.90. The average Bonchev–Trinajstić information content (AvgIpc) is 2.17. The zero-order chi connectivity index (χ0) is 9.26. The number of hydrogen-bond donors (Lipinski definition) is 0. The van der Waals surface area contributed by atoms with E-state index in [2.05, 4.69) is 10.1 Å². The highest BCUT2D eigenvalue weighted by Gasteiger charge is 2.35. The van der Waals surface area contributed by atoms with Crippen LogP contribution < -0.4 is 0 Å². The molecule has 0 aromatic rings. The fourth-order valence-electron chi connectivity index (χ4n) is 2.20. The summed E-state index contributed by atoms with van der Waals surface area (Å²) in [5.74, 6) is 0.757. The Hall–Kier alpha value is -0.570. The number of piperidine rings is 3. The molecule has 0 N–H and O–H groups in total. The smallest absolute Gasteiger partial charge is 0.143 e. The number of hydrogen-bond acceptors (Lipinski definition) is 3. The summed E-state index contributed by atoms with van der Waals surface area (Å²) in [7, 11) is 0. The van der Waals surface area contributed by atoms with Crippen molar-refractivity contribution in [3.05, 3.63) is 0 Å². The molecule has 0 radical (unpaired) electrons. The molecule has 1 atom stereocenters. The van der Waals surface area contributed by atoms with Crippen molar-refractivity contribution in [1.29, 1.82) is 0 Å². The van der Waals surface area contributed by atoms with E-state index in [4.69, 9.17) is 4.84 Å². The Morgan fingerprint density at radius 1 is 1.31 bits per heavy atom. The third-order valence-electron chi connectivity index (χ3n) is 2.97. The molecule has 3 heterocycles. The molecular formula is C10H18N2O. The molecule has 3 fully saturated rings. The topological polar surface area (TPSA) is 24.8 Å². The molecular weight excluding hydrogens is 164 g/mol. The molecule has 0 amide bonds. The van der Waals surface area contributed by atoms with Crippen LogP contribution in [-0.2, 0) is 4.84 Å². The van der Waals surface area contributed by atoms with Gasteiger partial charge in [0.2, 0.25) is 0 Å². The van der Waals surface area contributed by atoms with Crippen molar-refractivity contribution in [3.63, 3.8) is 0 Å². The third kappa shape index (κ3) is 2.02. The van der Waals surface area contributed by atoms with Crippen LogP contribution in [0.15, 0.2) is 5.16 Å². The quantitative estimate of drug-likeness (QED) is 0.477. The molecule has 0 spiro atoms. The maximum absolute atomic E-state index is 5.52. The van der Waals surface area contributed by atoms with E-state index in [1.54, 1.807) is 0 Å². The molecule has 0 aromatic heterocycles. The van der Waals surface area contributed by atoms with Crippen molar-refractivity contribution in [2.75, 3.05) is 19.6 Å². The Morgan fingerprint density at radius 2 is 2.00 bits per heavy atom. The zero-order valence-corrected chi connectivity index (χ0v) is 8.49. The zero-order valence-electron chi connectivity index (χ0n) is 8.49. The van der Waals surface area contributed by atoms with Gasteiger partial charge < -0.3 is 4.84 Å². The van der Waals surface area contributed by atoms with Gasteiger partial charge in [0.1, 0.15) is 6.10 Å². The molecule has 0 aliphatic carbocycles. The van der Waals surface area contributed by atoms with Crippen molar-refractivity contribution in [3.8, 4) is 0 Å². The number of oxime groups is 1. The molecule has 0 saturated carbocycles. The summed E-state index contributed by atoms with van der Waals surface area (Å²) >= 11 is 0. The lowest BCUT2D eigenvalue weighted by Crippen LogP contribution is -2.50. The maximum Gasteiger partial charge on any atom is 0.143 e. The second-order valence-corrected chi connectivity index (χ2v) is 4.32. The first kappa shape index (κ1) is 9.00. The van der Waals surface area contributed by atoms with E-state index in [9.17, 15) is 0 Å². The maximum atomic E-state index is 5.52. The predicted octanol–water partition coefficient (Wildman–Crippen LogP) is 1.49. The fourth-order valence-corrected chi connectivity index (χ4v) is 2.20. The lowest BCUT2D eigenvalue weighted by molar-refractivity contribution is -0.0681. The molecule has 0 unspecified atom stereocenters. The Morgan fingerprint density at radius 3 is 2.46 bits per heavy atom. The second-order valence-electron chi connectivity index (χ2n) is 4.32. The van der Waals surface area contributed by atoms with Gasteiger partial charge in [-0.1, -0.05) is 5.16 Å². The first-order valence-corrected chi connectivity index (χ1v) is 5.15. The van der Waals surface area contributed by atoms with Crippen LogP contribution in [0.25, 0.3) is 0 Å². The summed E-state index contributed by atoms with van der Waals surface area (Å²) in [6, 6.07) is 0. The number of rotatable bonds is 2. The minimum atomic E-state index is 0.359. The molecule has 3 rings (SSSR count). The summed E-state index contributed by atoms with van der Waals surface area (Å²) in [6.45, 7) is 7.56. The molecule has 74 valence electrons. The van der Waals surface area contributed by atoms with Crippen molar-refractivity contribution in [2.45, 2.75) is 32.8 Å². The van der Waals surface area contributed by atoms with Crippen molar-refractivity contribution >= 4 is 5.71 Å². The fraction of sp³-hybridized carbons (Fsp3) is 0.900. The van der Waals surface area contributed by atoms with Crippen LogP contribution >= 0.6 is 0 Å². The first-order chi connectivity index (χ1) is 6.25. The van der Waals surface area contributed by atoms with Crippen LogP contribution in [0.1, 0.15) is 26.7 Å². The minimum Gasteiger partial charge on any atom is -0.391 e. The summed E-state index contributed by atoms with van der Waals surface area (Å²) in [4.78, 5) is 8.00. The van der Waals surface area contributed by atoms with Crippen molar-refractivity contribution < 1.29 is 4.84 Å². The molecule has 3 heteroatoms. The van der Waals surface area contributed by atoms with Gasteiger partial charge in [-0.3, -0.25) is 4.90 Å². The molecule has 3 aliphatic rings. The molecule has 3 saturated heterocycles. The molecule has 3 nitrogen and oxygen atoms in total. The molecule has 2 bridgehead atoms. The van der Waals surface area contributed by atoms with E-state index in [0.717, 1.165) is 18.2 Å². The second kappa shape index (κ2) is 3.66. The van der Waals surface area contributed by atoms with Crippen LogP contribution in [0, 0.1) is 5.92 Å². The normalized spacial score (nSPS) is 37.2. The van der Waals surface area contributed by atoms with E-state index < -0.39 is 0 Å². The van der Waals surface area contributed by atoms with Gasteiger partial charge in [0.05, 0.1) is 5.71 Å². The molecule has 0 aromatic carbocycles. The molecule has 3 aliphatic heterocycles. The standard InChI is InChI=1S/C10H18N2O/c1-8(2)11-13-10-7-12-5-3-9(10)4-6-12/h9-10H,3-7H2,1-2H3/t10-/m1/s1. The van der Waals surface area contributed by atoms with Crippen molar-refractivity contribution in [2.24, 2.45) is 11.1 Å². The third-order valence-corrected chi connectivity index (χ3v) is 2.97. The van der Waals surface area contributed by atoms with Gasteiger partial charge in [0.15, 0.2) is 0 Å². The SMILES string of the molecule is CC(C)=NO[C@@H]1CN2CCC1CC2. The largest absolute Gasteiger partial charge is 0.391 e. The minimum absolute atomic E-state index is 0.359. The van der Waals surface area contributed by atoms with Crippen LogP contribution in [-0.4, -0.2) is 36.3 Å². The Kier molecular flexibility index (Phi) is 2.54. The Labute approximate surface area is 79.7 Å². The van der Waals surface area contributed by atoms with Gasteiger partial charge in [-0.25, -0.2) is 0 Å². The van der Waals surface area contributed by atoms with Crippen LogP contribution in [0.3, 0.4) is 0 Å². The average molecular weight is 182 g/mol. The van der Waals surface area contributed by atoms with Crippen LogP contribution in [0.4, 0.5) is 0 Å². The van der Waals surface area contributed by atoms with E-state index in [1.165, 1.54) is 25.9 Å². The van der Waals surface area contributed by atoms with Crippen molar-refractivity contribution in [1.82, 2.24) is 4.90 Å². The first-order valence-electron chi connectivity index (χ1n) is 5.15. The van der Waals surface area contributed by atoms with Gasteiger partial charge in [-0.15, -0.1) is 0 Å². The van der Waals surface area contributed by atoms with E-state index >= 15 is 0 Å².